The maximum absolute atomic E-state index is 12.4. The molecule has 1 fully saturated rings. The summed E-state index contributed by atoms with van der Waals surface area (Å²) in [5.74, 6) is 0.894. The molecule has 0 saturated carbocycles. The van der Waals surface area contributed by atoms with Crippen LogP contribution >= 0.6 is 0 Å². The van der Waals surface area contributed by atoms with Crippen LogP contribution in [0.5, 0.6) is 5.75 Å². The highest BCUT2D eigenvalue weighted by Gasteiger charge is 2.29. The Morgan fingerprint density at radius 2 is 1.74 bits per heavy atom. The lowest BCUT2D eigenvalue weighted by Gasteiger charge is -2.40. The molecule has 0 N–H and O–H groups in total. The summed E-state index contributed by atoms with van der Waals surface area (Å²) < 4.78 is 5.44. The van der Waals surface area contributed by atoms with Crippen molar-refractivity contribution in [1.29, 1.82) is 5.26 Å². The van der Waals surface area contributed by atoms with Gasteiger partial charge < -0.3 is 9.64 Å². The molecule has 3 rings (SSSR count). The van der Waals surface area contributed by atoms with Gasteiger partial charge >= 0.3 is 6.09 Å². The highest BCUT2D eigenvalue weighted by molar-refractivity contribution is 5.71. The van der Waals surface area contributed by atoms with E-state index in [1.54, 1.807) is 29.2 Å². The highest BCUT2D eigenvalue weighted by Crippen LogP contribution is 2.29. The first-order valence-electron chi connectivity index (χ1n) is 9.34. The fourth-order valence-electron chi connectivity index (χ4n) is 3.64. The third-order valence-electron chi connectivity index (χ3n) is 4.91. The number of hydrogen-bond acceptors (Lipinski definition) is 4. The molecule has 0 bridgehead atoms. The van der Waals surface area contributed by atoms with Crippen LogP contribution in [0.2, 0.25) is 0 Å². The van der Waals surface area contributed by atoms with E-state index >= 15 is 0 Å². The van der Waals surface area contributed by atoms with Gasteiger partial charge in [-0.05, 0) is 29.7 Å². The first kappa shape index (κ1) is 18.9. The van der Waals surface area contributed by atoms with Gasteiger partial charge in [-0.25, -0.2) is 4.79 Å². The summed E-state index contributed by atoms with van der Waals surface area (Å²) in [6.45, 7) is 7.36. The van der Waals surface area contributed by atoms with Crippen molar-refractivity contribution in [3.05, 3.63) is 65.7 Å². The van der Waals surface area contributed by atoms with Gasteiger partial charge in [-0.3, -0.25) is 4.90 Å². The molecule has 1 aliphatic rings. The summed E-state index contributed by atoms with van der Waals surface area (Å²) in [7, 11) is 0. The van der Waals surface area contributed by atoms with Gasteiger partial charge in [0.2, 0.25) is 0 Å². The third-order valence-corrected chi connectivity index (χ3v) is 4.91. The smallest absolute Gasteiger partial charge is 0.410 e. The molecule has 0 radical (unpaired) electrons. The number of hydrogen-bond donors (Lipinski definition) is 0. The summed E-state index contributed by atoms with van der Waals surface area (Å²) in [6.07, 6.45) is -0.356. The Labute approximate surface area is 160 Å². The lowest BCUT2D eigenvalue weighted by Crippen LogP contribution is -2.51. The highest BCUT2D eigenvalue weighted by atomic mass is 16.6. The van der Waals surface area contributed by atoms with E-state index in [1.165, 1.54) is 5.56 Å². The zero-order valence-electron chi connectivity index (χ0n) is 15.8. The summed E-state index contributed by atoms with van der Waals surface area (Å²) in [6, 6.07) is 19.6. The zero-order valence-corrected chi connectivity index (χ0v) is 15.8. The Balaban J connectivity index is 1.60. The Kier molecular flexibility index (Phi) is 6.10. The summed E-state index contributed by atoms with van der Waals surface area (Å²) >= 11 is 0. The van der Waals surface area contributed by atoms with Crippen LogP contribution in [-0.2, 0) is 0 Å². The number of rotatable bonds is 4. The number of carbonyl (C=O) groups is 1. The van der Waals surface area contributed by atoms with Crippen LogP contribution in [0.3, 0.4) is 0 Å². The maximum Gasteiger partial charge on any atom is 0.415 e. The largest absolute Gasteiger partial charge is 0.415 e. The Morgan fingerprint density at radius 3 is 2.37 bits per heavy atom. The first-order valence-corrected chi connectivity index (χ1v) is 9.34. The second-order valence-electron chi connectivity index (χ2n) is 7.13. The average Bonchev–Trinajstić information content (AvgIpc) is 2.69. The van der Waals surface area contributed by atoms with Crippen molar-refractivity contribution < 1.29 is 9.53 Å². The normalized spacial score (nSPS) is 16.0. The third kappa shape index (κ3) is 4.66. The zero-order chi connectivity index (χ0) is 19.2. The predicted octanol–water partition coefficient (Wildman–Crippen LogP) is 4.07. The lowest BCUT2D eigenvalue weighted by atomic mass is 9.94. The van der Waals surface area contributed by atoms with Crippen LogP contribution in [0.1, 0.15) is 31.0 Å². The molecule has 0 spiro atoms. The van der Waals surface area contributed by atoms with E-state index in [9.17, 15) is 4.79 Å². The number of carbonyl (C=O) groups excluding carboxylic acids is 1. The topological polar surface area (TPSA) is 56.6 Å². The second-order valence-corrected chi connectivity index (χ2v) is 7.13. The molecule has 0 aromatic heterocycles. The van der Waals surface area contributed by atoms with Crippen molar-refractivity contribution in [3.63, 3.8) is 0 Å². The van der Waals surface area contributed by atoms with Gasteiger partial charge in [0.05, 0.1) is 11.6 Å². The van der Waals surface area contributed by atoms with Crippen LogP contribution in [0.4, 0.5) is 4.79 Å². The van der Waals surface area contributed by atoms with E-state index < -0.39 is 0 Å². The molecule has 1 atom stereocenters. The molecular formula is C22H25N3O2. The van der Waals surface area contributed by atoms with Crippen LogP contribution in [0, 0.1) is 17.2 Å². The Morgan fingerprint density at radius 1 is 1.04 bits per heavy atom. The minimum Gasteiger partial charge on any atom is -0.410 e. The molecule has 27 heavy (non-hydrogen) atoms. The van der Waals surface area contributed by atoms with E-state index in [2.05, 4.69) is 49.1 Å². The SMILES string of the molecule is CC(C)C(c1ccccc1)N1CCN(C(=O)Oc2cccc(C#N)c2)CC1. The van der Waals surface area contributed by atoms with E-state index in [-0.39, 0.29) is 6.09 Å². The molecule has 2 aromatic carbocycles. The summed E-state index contributed by atoms with van der Waals surface area (Å²) in [5.41, 5.74) is 1.80. The van der Waals surface area contributed by atoms with Crippen molar-refractivity contribution in [2.75, 3.05) is 26.2 Å². The second kappa shape index (κ2) is 8.70. The van der Waals surface area contributed by atoms with E-state index in [4.69, 9.17) is 10.00 Å². The van der Waals surface area contributed by atoms with Gasteiger partial charge in [0.15, 0.2) is 0 Å². The van der Waals surface area contributed by atoms with Gasteiger partial charge in [0.25, 0.3) is 0 Å². The number of benzene rings is 2. The minimum absolute atomic E-state index is 0.344. The van der Waals surface area contributed by atoms with E-state index in [0.29, 0.717) is 36.4 Å². The molecule has 2 aromatic rings. The molecule has 1 amide bonds. The molecule has 140 valence electrons. The summed E-state index contributed by atoms with van der Waals surface area (Å²) in [5, 5.41) is 8.96. The molecule has 1 heterocycles. The number of amides is 1. The van der Waals surface area contributed by atoms with E-state index in [1.807, 2.05) is 6.07 Å². The first-order chi connectivity index (χ1) is 13.1. The van der Waals surface area contributed by atoms with E-state index in [0.717, 1.165) is 13.1 Å². The van der Waals surface area contributed by atoms with Crippen molar-refractivity contribution in [2.45, 2.75) is 19.9 Å². The molecule has 1 saturated heterocycles. The van der Waals surface area contributed by atoms with Gasteiger partial charge in [0, 0.05) is 32.2 Å². The molecule has 1 unspecified atom stereocenters. The van der Waals surface area contributed by atoms with Crippen LogP contribution < -0.4 is 4.74 Å². The fraction of sp³-hybridized carbons (Fsp3) is 0.364. The number of nitrogens with zero attached hydrogens (tertiary/aromatic N) is 3. The van der Waals surface area contributed by atoms with Crippen molar-refractivity contribution in [3.8, 4) is 11.8 Å². The number of piperazine rings is 1. The predicted molar refractivity (Wildman–Crippen MR) is 104 cm³/mol. The molecular weight excluding hydrogens is 338 g/mol. The minimum atomic E-state index is -0.356. The molecule has 5 nitrogen and oxygen atoms in total. The van der Waals surface area contributed by atoms with Gasteiger partial charge in [-0.1, -0.05) is 50.2 Å². The number of ether oxygens (including phenoxy) is 1. The van der Waals surface area contributed by atoms with Crippen molar-refractivity contribution >= 4 is 6.09 Å². The van der Waals surface area contributed by atoms with Crippen LogP contribution in [0.25, 0.3) is 0 Å². The molecule has 1 aliphatic heterocycles. The van der Waals surface area contributed by atoms with Gasteiger partial charge in [-0.15, -0.1) is 0 Å². The average molecular weight is 363 g/mol. The Hall–Kier alpha value is -2.84. The Bertz CT molecular complexity index is 806. The van der Waals surface area contributed by atoms with Gasteiger partial charge in [-0.2, -0.15) is 5.26 Å². The summed E-state index contributed by atoms with van der Waals surface area (Å²) in [4.78, 5) is 16.6. The number of nitriles is 1. The lowest BCUT2D eigenvalue weighted by molar-refractivity contribution is 0.0738. The fourth-order valence-corrected chi connectivity index (χ4v) is 3.64. The van der Waals surface area contributed by atoms with Crippen molar-refractivity contribution in [1.82, 2.24) is 9.80 Å². The maximum atomic E-state index is 12.4. The van der Waals surface area contributed by atoms with Crippen LogP contribution in [0.15, 0.2) is 54.6 Å². The molecule has 5 heteroatoms. The standard InChI is InChI=1S/C22H25N3O2/c1-17(2)21(19-8-4-3-5-9-19)24-11-13-25(14-12-24)22(26)27-20-10-6-7-18(15-20)16-23/h3-10,15,17,21H,11-14H2,1-2H3. The molecule has 0 aliphatic carbocycles. The quantitative estimate of drug-likeness (QED) is 0.822. The monoisotopic (exact) mass is 363 g/mol. The van der Waals surface area contributed by atoms with Crippen molar-refractivity contribution in [2.24, 2.45) is 5.92 Å². The van der Waals surface area contributed by atoms with Gasteiger partial charge in [0.1, 0.15) is 5.75 Å². The van der Waals surface area contributed by atoms with Crippen LogP contribution in [-0.4, -0.2) is 42.1 Å².